The summed E-state index contributed by atoms with van der Waals surface area (Å²) in [6.45, 7) is 10.3. The number of amides is 2. The van der Waals surface area contributed by atoms with E-state index in [9.17, 15) is 9.59 Å². The Balaban J connectivity index is 2.49. The first kappa shape index (κ1) is 17.8. The molecule has 0 aromatic rings. The number of carbonyl (C=O) groups is 2. The molecule has 2 amide bonds. The van der Waals surface area contributed by atoms with E-state index in [1.165, 1.54) is 0 Å². The van der Waals surface area contributed by atoms with Gasteiger partial charge in [0, 0.05) is 12.1 Å². The molecule has 1 atom stereocenters. The Kier molecular flexibility index (Phi) is 5.65. The van der Waals surface area contributed by atoms with Gasteiger partial charge in [-0.05, 0) is 36.5 Å². The highest BCUT2D eigenvalue weighted by Gasteiger charge is 2.31. The molecule has 1 saturated carbocycles. The molecular weight excluding hydrogens is 268 g/mol. The van der Waals surface area contributed by atoms with Crippen molar-refractivity contribution in [1.82, 2.24) is 10.6 Å². The van der Waals surface area contributed by atoms with Crippen LogP contribution in [0, 0.1) is 10.8 Å². The first-order valence-electron chi connectivity index (χ1n) is 7.78. The highest BCUT2D eigenvalue weighted by atomic mass is 16.4. The van der Waals surface area contributed by atoms with Gasteiger partial charge in [-0.2, -0.15) is 0 Å². The molecule has 1 aliphatic rings. The van der Waals surface area contributed by atoms with Crippen molar-refractivity contribution in [2.75, 3.05) is 0 Å². The molecule has 3 N–H and O–H groups in total. The number of carboxylic acids is 1. The van der Waals surface area contributed by atoms with Crippen molar-refractivity contribution in [3.8, 4) is 0 Å². The van der Waals surface area contributed by atoms with Crippen molar-refractivity contribution >= 4 is 12.0 Å². The van der Waals surface area contributed by atoms with E-state index in [2.05, 4.69) is 24.5 Å². The molecule has 1 unspecified atom stereocenters. The van der Waals surface area contributed by atoms with Gasteiger partial charge in [0.15, 0.2) is 0 Å². The Morgan fingerprint density at radius 3 is 2.19 bits per heavy atom. The highest BCUT2D eigenvalue weighted by Crippen LogP contribution is 2.35. The Morgan fingerprint density at radius 1 is 1.24 bits per heavy atom. The second kappa shape index (κ2) is 6.67. The minimum absolute atomic E-state index is 0.0609. The first-order valence-corrected chi connectivity index (χ1v) is 7.78. The van der Waals surface area contributed by atoms with Crippen LogP contribution in [0.15, 0.2) is 0 Å². The monoisotopic (exact) mass is 298 g/mol. The summed E-state index contributed by atoms with van der Waals surface area (Å²) in [5, 5.41) is 14.8. The Bertz CT molecular complexity index is 375. The van der Waals surface area contributed by atoms with Crippen molar-refractivity contribution in [2.45, 2.75) is 78.8 Å². The smallest absolute Gasteiger partial charge is 0.315 e. The summed E-state index contributed by atoms with van der Waals surface area (Å²) in [5.41, 5.74) is 0.0796. The third kappa shape index (κ3) is 6.36. The van der Waals surface area contributed by atoms with E-state index in [0.717, 1.165) is 25.7 Å². The van der Waals surface area contributed by atoms with E-state index in [1.54, 1.807) is 0 Å². The quantitative estimate of drug-likeness (QED) is 0.746. The van der Waals surface area contributed by atoms with E-state index < -0.39 is 5.97 Å². The molecule has 1 fully saturated rings. The molecule has 0 bridgehead atoms. The maximum atomic E-state index is 12.1. The largest absolute Gasteiger partial charge is 0.481 e. The van der Waals surface area contributed by atoms with E-state index in [1.807, 2.05) is 20.8 Å². The predicted molar refractivity (Wildman–Crippen MR) is 83.2 cm³/mol. The Morgan fingerprint density at radius 2 is 1.76 bits per heavy atom. The number of urea groups is 1. The van der Waals surface area contributed by atoms with Crippen LogP contribution < -0.4 is 10.6 Å². The summed E-state index contributed by atoms with van der Waals surface area (Å²) in [6.07, 6.45) is 4.12. The molecule has 5 nitrogen and oxygen atoms in total. The third-order valence-corrected chi connectivity index (χ3v) is 4.40. The van der Waals surface area contributed by atoms with Crippen LogP contribution in [0.4, 0.5) is 4.79 Å². The summed E-state index contributed by atoms with van der Waals surface area (Å²) < 4.78 is 0. The van der Waals surface area contributed by atoms with Gasteiger partial charge in [-0.3, -0.25) is 4.79 Å². The second-order valence-electron chi connectivity index (χ2n) is 8.07. The lowest BCUT2D eigenvalue weighted by Crippen LogP contribution is -2.52. The minimum atomic E-state index is -0.894. The average molecular weight is 298 g/mol. The molecule has 0 saturated heterocycles. The van der Waals surface area contributed by atoms with E-state index in [-0.39, 0.29) is 30.0 Å². The molecular formula is C16H30N2O3. The van der Waals surface area contributed by atoms with Crippen molar-refractivity contribution in [3.05, 3.63) is 0 Å². The molecule has 0 radical (unpaired) electrons. The Hall–Kier alpha value is -1.26. The van der Waals surface area contributed by atoms with Crippen LogP contribution in [0.1, 0.15) is 66.7 Å². The van der Waals surface area contributed by atoms with Crippen LogP contribution in [0.25, 0.3) is 0 Å². The number of carbonyl (C=O) groups excluding carboxylic acids is 1. The lowest BCUT2D eigenvalue weighted by atomic mass is 9.75. The van der Waals surface area contributed by atoms with Gasteiger partial charge in [-0.1, -0.05) is 34.6 Å². The van der Waals surface area contributed by atoms with Gasteiger partial charge < -0.3 is 15.7 Å². The molecule has 0 spiro atoms. The van der Waals surface area contributed by atoms with Crippen molar-refractivity contribution in [1.29, 1.82) is 0 Å². The molecule has 5 heteroatoms. The van der Waals surface area contributed by atoms with Gasteiger partial charge in [0.05, 0.1) is 6.42 Å². The minimum Gasteiger partial charge on any atom is -0.481 e. The molecule has 0 aromatic carbocycles. The average Bonchev–Trinajstić information content (AvgIpc) is 2.29. The maximum absolute atomic E-state index is 12.1. The van der Waals surface area contributed by atoms with Gasteiger partial charge in [-0.25, -0.2) is 4.79 Å². The zero-order chi connectivity index (χ0) is 16.3. The summed E-state index contributed by atoms with van der Waals surface area (Å²) >= 11 is 0. The predicted octanol–water partition coefficient (Wildman–Crippen LogP) is 3.14. The normalized spacial score (nSPS) is 20.6. The number of rotatable bonds is 4. The molecule has 0 aromatic heterocycles. The number of hydrogen-bond acceptors (Lipinski definition) is 2. The van der Waals surface area contributed by atoms with Gasteiger partial charge in [-0.15, -0.1) is 0 Å². The summed E-state index contributed by atoms with van der Waals surface area (Å²) in [5.74, 6) is -0.894. The van der Waals surface area contributed by atoms with Gasteiger partial charge in [0.1, 0.15) is 0 Å². The lowest BCUT2D eigenvalue weighted by Gasteiger charge is -2.35. The Labute approximate surface area is 127 Å². The van der Waals surface area contributed by atoms with Crippen LogP contribution in [0.3, 0.4) is 0 Å². The van der Waals surface area contributed by atoms with Gasteiger partial charge in [0.25, 0.3) is 0 Å². The fourth-order valence-corrected chi connectivity index (χ4v) is 2.68. The van der Waals surface area contributed by atoms with Crippen LogP contribution in [-0.4, -0.2) is 29.2 Å². The summed E-state index contributed by atoms with van der Waals surface area (Å²) in [7, 11) is 0. The molecule has 0 aliphatic heterocycles. The molecule has 0 heterocycles. The first-order chi connectivity index (χ1) is 9.49. The fraction of sp³-hybridized carbons (Fsp3) is 0.875. The third-order valence-electron chi connectivity index (χ3n) is 4.40. The SMILES string of the molecule is CC1(C)CCC(NC(=O)NC(CC(=O)O)C(C)(C)C)CC1. The van der Waals surface area contributed by atoms with Crippen molar-refractivity contribution < 1.29 is 14.7 Å². The van der Waals surface area contributed by atoms with Crippen molar-refractivity contribution in [2.24, 2.45) is 10.8 Å². The zero-order valence-corrected chi connectivity index (χ0v) is 14.0. The maximum Gasteiger partial charge on any atom is 0.315 e. The molecule has 1 rings (SSSR count). The van der Waals surface area contributed by atoms with E-state index in [4.69, 9.17) is 5.11 Å². The topological polar surface area (TPSA) is 78.4 Å². The molecule has 1 aliphatic carbocycles. The number of carboxylic acid groups (broad SMARTS) is 1. The van der Waals surface area contributed by atoms with E-state index in [0.29, 0.717) is 5.41 Å². The van der Waals surface area contributed by atoms with Crippen LogP contribution in [0.5, 0.6) is 0 Å². The number of hydrogen-bond donors (Lipinski definition) is 3. The second-order valence-corrected chi connectivity index (χ2v) is 8.07. The lowest BCUT2D eigenvalue weighted by molar-refractivity contribution is -0.138. The molecule has 21 heavy (non-hydrogen) atoms. The van der Waals surface area contributed by atoms with Crippen LogP contribution in [-0.2, 0) is 4.79 Å². The standard InChI is InChI=1S/C16H30N2O3/c1-15(2,3)12(10-13(19)20)18-14(21)17-11-6-8-16(4,5)9-7-11/h11-12H,6-10H2,1-5H3,(H,19,20)(H2,17,18,21). The highest BCUT2D eigenvalue weighted by molar-refractivity contribution is 5.76. The zero-order valence-electron chi connectivity index (χ0n) is 14.0. The van der Waals surface area contributed by atoms with Gasteiger partial charge in [0.2, 0.25) is 0 Å². The number of nitrogens with one attached hydrogen (secondary N) is 2. The van der Waals surface area contributed by atoms with Crippen LogP contribution >= 0.6 is 0 Å². The van der Waals surface area contributed by atoms with E-state index >= 15 is 0 Å². The van der Waals surface area contributed by atoms with Gasteiger partial charge >= 0.3 is 12.0 Å². The van der Waals surface area contributed by atoms with Crippen LogP contribution in [0.2, 0.25) is 0 Å². The number of aliphatic carboxylic acids is 1. The summed E-state index contributed by atoms with van der Waals surface area (Å²) in [4.78, 5) is 23.0. The van der Waals surface area contributed by atoms with Crippen molar-refractivity contribution in [3.63, 3.8) is 0 Å². The fourth-order valence-electron chi connectivity index (χ4n) is 2.68. The molecule has 122 valence electrons. The summed E-state index contributed by atoms with van der Waals surface area (Å²) in [6, 6.07) is -0.431.